The van der Waals surface area contributed by atoms with Gasteiger partial charge in [0, 0.05) is 6.54 Å². The summed E-state index contributed by atoms with van der Waals surface area (Å²) in [7, 11) is -5.04. The van der Waals surface area contributed by atoms with Crippen LogP contribution in [0.1, 0.15) is 0 Å². The fourth-order valence-corrected chi connectivity index (χ4v) is 2.55. The fourth-order valence-electron chi connectivity index (χ4n) is 2.17. The Kier molecular flexibility index (Phi) is 4.42. The first kappa shape index (κ1) is 16.4. The van der Waals surface area contributed by atoms with Gasteiger partial charge in [0.1, 0.15) is 6.04 Å². The molecule has 1 aromatic heterocycles. The number of aromatic nitrogens is 2. The van der Waals surface area contributed by atoms with E-state index in [9.17, 15) is 22.2 Å². The number of halogens is 1. The van der Waals surface area contributed by atoms with Gasteiger partial charge < -0.3 is 9.45 Å². The van der Waals surface area contributed by atoms with Crippen LogP contribution in [0.4, 0.5) is 9.18 Å². The van der Waals surface area contributed by atoms with Gasteiger partial charge >= 0.3 is 35.6 Å². The summed E-state index contributed by atoms with van der Waals surface area (Å²) in [6.45, 7) is 0.289. The molecule has 21 heavy (non-hydrogen) atoms. The minimum Gasteiger partial charge on any atom is -0.724 e. The van der Waals surface area contributed by atoms with Crippen molar-refractivity contribution in [2.24, 2.45) is 0 Å². The van der Waals surface area contributed by atoms with Crippen molar-refractivity contribution in [1.82, 2.24) is 19.7 Å². The summed E-state index contributed by atoms with van der Waals surface area (Å²) in [5.74, 6) is -0.541. The molecule has 2 aliphatic rings. The molecular formula is C9H8FN4NaO5S. The van der Waals surface area contributed by atoms with E-state index in [1.807, 2.05) is 0 Å². The average molecular weight is 326 g/mol. The number of nitrogens with zero attached hydrogens (tertiary/aromatic N) is 4. The molecule has 3 heterocycles. The number of urea groups is 1. The minimum atomic E-state index is -5.04. The van der Waals surface area contributed by atoms with Gasteiger partial charge in [0.15, 0.2) is 5.82 Å². The molecule has 2 bridgehead atoms. The number of amides is 2. The molecule has 108 valence electrons. The van der Waals surface area contributed by atoms with Gasteiger partial charge in [-0.1, -0.05) is 0 Å². The van der Waals surface area contributed by atoms with E-state index in [0.717, 1.165) is 12.4 Å². The third-order valence-corrected chi connectivity index (χ3v) is 3.27. The van der Waals surface area contributed by atoms with Crippen LogP contribution in [0.5, 0.6) is 0 Å². The quantitative estimate of drug-likeness (QED) is 0.322. The second-order valence-electron chi connectivity index (χ2n) is 4.30. The third-order valence-electron chi connectivity index (χ3n) is 2.92. The molecule has 0 N–H and O–H groups in total. The van der Waals surface area contributed by atoms with Crippen molar-refractivity contribution in [3.05, 3.63) is 24.3 Å². The van der Waals surface area contributed by atoms with E-state index in [2.05, 4.69) is 9.38 Å². The average Bonchev–Trinajstić information content (AvgIpc) is 2.87. The second-order valence-corrected chi connectivity index (χ2v) is 5.27. The molecule has 1 saturated heterocycles. The van der Waals surface area contributed by atoms with Crippen LogP contribution in [0, 0.1) is 5.82 Å². The summed E-state index contributed by atoms with van der Waals surface area (Å²) in [5, 5.41) is 4.25. The van der Waals surface area contributed by atoms with Gasteiger partial charge in [-0.05, 0) is 6.08 Å². The maximum atomic E-state index is 12.9. The summed E-state index contributed by atoms with van der Waals surface area (Å²) >= 11 is 0. The summed E-state index contributed by atoms with van der Waals surface area (Å²) < 4.78 is 50.1. The van der Waals surface area contributed by atoms with Crippen molar-refractivity contribution in [2.45, 2.75) is 6.04 Å². The van der Waals surface area contributed by atoms with Crippen LogP contribution in [0.25, 0.3) is 5.70 Å². The van der Waals surface area contributed by atoms with Crippen molar-refractivity contribution >= 4 is 22.1 Å². The van der Waals surface area contributed by atoms with Crippen molar-refractivity contribution in [3.8, 4) is 0 Å². The molecule has 0 radical (unpaired) electrons. The van der Waals surface area contributed by atoms with E-state index < -0.39 is 28.3 Å². The van der Waals surface area contributed by atoms with Crippen LogP contribution in [-0.2, 0) is 14.7 Å². The molecule has 12 heteroatoms. The molecule has 3 rings (SSSR count). The Morgan fingerprint density at radius 3 is 2.76 bits per heavy atom. The van der Waals surface area contributed by atoms with Crippen molar-refractivity contribution < 1.29 is 56.0 Å². The Hall–Kier alpha value is -0.980. The first-order valence-corrected chi connectivity index (χ1v) is 6.81. The van der Waals surface area contributed by atoms with Gasteiger partial charge in [-0.3, -0.25) is 0 Å². The van der Waals surface area contributed by atoms with E-state index in [1.54, 1.807) is 0 Å². The predicted octanol–water partition coefficient (Wildman–Crippen LogP) is -3.62. The van der Waals surface area contributed by atoms with Gasteiger partial charge in [0.25, 0.3) is 0 Å². The maximum Gasteiger partial charge on any atom is 1.00 e. The molecule has 1 fully saturated rings. The van der Waals surface area contributed by atoms with E-state index in [0.29, 0.717) is 10.8 Å². The fraction of sp³-hybridized carbons (Fsp3) is 0.333. The normalized spacial score (nSPS) is 21.3. The summed E-state index contributed by atoms with van der Waals surface area (Å²) in [6.07, 6.45) is 3.63. The number of hydroxylamine groups is 2. The number of fused-ring (bicyclic) bond motifs is 2. The zero-order chi connectivity index (χ0) is 14.5. The number of carbonyl (C=O) groups excluding carboxylic acids is 1. The zero-order valence-electron chi connectivity index (χ0n) is 10.8. The Labute approximate surface area is 141 Å². The van der Waals surface area contributed by atoms with Gasteiger partial charge in [-0.25, -0.2) is 22.3 Å². The number of rotatable bonds is 3. The summed E-state index contributed by atoms with van der Waals surface area (Å²) in [4.78, 5) is 13.1. The van der Waals surface area contributed by atoms with Crippen molar-refractivity contribution in [2.75, 3.05) is 13.1 Å². The van der Waals surface area contributed by atoms with Crippen LogP contribution in [-0.4, -0.2) is 57.9 Å². The van der Waals surface area contributed by atoms with E-state index >= 15 is 0 Å². The summed E-state index contributed by atoms with van der Waals surface area (Å²) in [6, 6.07) is -1.49. The molecule has 9 nitrogen and oxygen atoms in total. The molecule has 0 aromatic carbocycles. The van der Waals surface area contributed by atoms with Crippen LogP contribution in [0.15, 0.2) is 18.5 Å². The largest absolute Gasteiger partial charge is 1.00 e. The molecule has 2 aliphatic heterocycles. The van der Waals surface area contributed by atoms with Crippen molar-refractivity contribution in [3.63, 3.8) is 0 Å². The van der Waals surface area contributed by atoms with Gasteiger partial charge in [-0.2, -0.15) is 14.4 Å². The second kappa shape index (κ2) is 5.66. The number of hydrogen-bond donors (Lipinski definition) is 0. The smallest absolute Gasteiger partial charge is 0.724 e. The molecule has 1 unspecified atom stereocenters. The monoisotopic (exact) mass is 326 g/mol. The molecule has 2 amide bonds. The SMILES string of the molecule is O=C1N2CC(n3cc(F)cn3)=CC(C2)N1OS(=O)(=O)[O-].[Na+]. The van der Waals surface area contributed by atoms with E-state index in [4.69, 9.17) is 0 Å². The standard InChI is InChI=1S/C9H9FN4O5S.Na/c10-6-2-11-13(3-6)7-1-8-5-12(4-7)9(15)14(8)19-20(16,17)18;/h1-3,8H,4-5H2,(H,16,17,18);/q;+1/p-1. The van der Waals surface area contributed by atoms with Crippen molar-refractivity contribution in [1.29, 1.82) is 0 Å². The first-order valence-electron chi connectivity index (χ1n) is 5.48. The Balaban J connectivity index is 0.00000161. The molecule has 0 spiro atoms. The van der Waals surface area contributed by atoms with Gasteiger partial charge in [0.05, 0.1) is 24.6 Å². The van der Waals surface area contributed by atoms with Gasteiger partial charge in [0.2, 0.25) is 10.4 Å². The Morgan fingerprint density at radius 2 is 2.19 bits per heavy atom. The van der Waals surface area contributed by atoms with Crippen LogP contribution >= 0.6 is 0 Å². The van der Waals surface area contributed by atoms with Crippen LogP contribution in [0.3, 0.4) is 0 Å². The Morgan fingerprint density at radius 1 is 1.48 bits per heavy atom. The van der Waals surface area contributed by atoms with E-state index in [1.165, 1.54) is 15.7 Å². The van der Waals surface area contributed by atoms with Gasteiger partial charge in [-0.15, -0.1) is 0 Å². The predicted molar refractivity (Wildman–Crippen MR) is 59.8 cm³/mol. The zero-order valence-corrected chi connectivity index (χ0v) is 13.7. The minimum absolute atomic E-state index is 0. The Bertz CT molecular complexity index is 705. The first-order chi connectivity index (χ1) is 9.33. The molecule has 0 aliphatic carbocycles. The molecular weight excluding hydrogens is 318 g/mol. The third kappa shape index (κ3) is 3.27. The topological polar surface area (TPSA) is 108 Å². The maximum absolute atomic E-state index is 12.9. The molecule has 0 saturated carbocycles. The number of hydrogen-bond acceptors (Lipinski definition) is 6. The van der Waals surface area contributed by atoms with Crippen LogP contribution < -0.4 is 29.6 Å². The summed E-state index contributed by atoms with van der Waals surface area (Å²) in [5.41, 5.74) is 0.480. The van der Waals surface area contributed by atoms with Crippen LogP contribution in [0.2, 0.25) is 0 Å². The number of carbonyl (C=O) groups is 1. The molecule has 1 atom stereocenters. The van der Waals surface area contributed by atoms with E-state index in [-0.39, 0.29) is 42.6 Å². The molecule has 1 aromatic rings.